The molecule has 1 aromatic heterocycles. The van der Waals surface area contributed by atoms with E-state index in [2.05, 4.69) is 26.3 Å². The summed E-state index contributed by atoms with van der Waals surface area (Å²) in [5.41, 5.74) is 7.07. The molecule has 0 spiro atoms. The molecule has 3 N–H and O–H groups in total. The number of halogens is 1. The zero-order valence-electron chi connectivity index (χ0n) is 12.4. The third-order valence-electron chi connectivity index (χ3n) is 3.98. The quantitative estimate of drug-likeness (QED) is 0.796. The summed E-state index contributed by atoms with van der Waals surface area (Å²) in [6, 6.07) is 0.468. The molecule has 1 aliphatic carbocycles. The van der Waals surface area contributed by atoms with E-state index >= 15 is 0 Å². The number of carbonyl (C=O) groups is 1. The topological polar surface area (TPSA) is 72.9 Å². The third-order valence-corrected chi connectivity index (χ3v) is 5.13. The highest BCUT2D eigenvalue weighted by molar-refractivity contribution is 9.10. The van der Waals surface area contributed by atoms with E-state index in [1.807, 2.05) is 25.5 Å². The molecule has 1 amide bonds. The minimum atomic E-state index is -0.603. The van der Waals surface area contributed by atoms with Gasteiger partial charge in [0.25, 0.3) is 0 Å². The predicted octanol–water partition coefficient (Wildman–Crippen LogP) is 2.04. The summed E-state index contributed by atoms with van der Waals surface area (Å²) in [7, 11) is 0. The van der Waals surface area contributed by atoms with E-state index in [1.54, 1.807) is 0 Å². The maximum atomic E-state index is 11.7. The number of primary amides is 1. The van der Waals surface area contributed by atoms with Gasteiger partial charge >= 0.3 is 0 Å². The number of hydrogen-bond donors (Lipinski definition) is 2. The van der Waals surface area contributed by atoms with Crippen LogP contribution in [0.25, 0.3) is 0 Å². The molecule has 0 saturated heterocycles. The first-order valence-corrected chi connectivity index (χ1v) is 7.90. The van der Waals surface area contributed by atoms with Gasteiger partial charge in [-0.3, -0.25) is 9.48 Å². The molecule has 1 aliphatic rings. The van der Waals surface area contributed by atoms with Gasteiger partial charge in [-0.15, -0.1) is 0 Å². The lowest BCUT2D eigenvalue weighted by Gasteiger charge is -2.27. The fourth-order valence-electron chi connectivity index (χ4n) is 2.42. The number of nitrogens with two attached hydrogens (primary N) is 1. The second-order valence-corrected chi connectivity index (χ2v) is 6.72. The van der Waals surface area contributed by atoms with Crippen molar-refractivity contribution in [3.63, 3.8) is 0 Å². The van der Waals surface area contributed by atoms with Crippen molar-refractivity contribution in [3.8, 4) is 0 Å². The lowest BCUT2D eigenvalue weighted by Crippen LogP contribution is -2.54. The Kier molecular flexibility index (Phi) is 4.54. The average molecular weight is 343 g/mol. The Balaban J connectivity index is 1.92. The molecule has 0 radical (unpaired) electrons. The van der Waals surface area contributed by atoms with E-state index in [1.165, 1.54) is 0 Å². The van der Waals surface area contributed by atoms with E-state index in [0.717, 1.165) is 48.1 Å². The van der Waals surface area contributed by atoms with Crippen LogP contribution in [0.15, 0.2) is 4.47 Å². The van der Waals surface area contributed by atoms with E-state index in [4.69, 9.17) is 5.73 Å². The summed E-state index contributed by atoms with van der Waals surface area (Å²) >= 11 is 3.53. The van der Waals surface area contributed by atoms with Crippen LogP contribution in [0.1, 0.15) is 44.0 Å². The van der Waals surface area contributed by atoms with Gasteiger partial charge < -0.3 is 11.1 Å². The summed E-state index contributed by atoms with van der Waals surface area (Å²) in [6.07, 6.45) is 3.89. The van der Waals surface area contributed by atoms with Crippen LogP contribution in [0.5, 0.6) is 0 Å². The minimum absolute atomic E-state index is 0.265. The average Bonchev–Trinajstić information content (AvgIpc) is 3.15. The number of hydrogen-bond acceptors (Lipinski definition) is 3. The Bertz CT molecular complexity index is 510. The second kappa shape index (κ2) is 5.85. The van der Waals surface area contributed by atoms with Crippen LogP contribution in [-0.2, 0) is 11.3 Å². The van der Waals surface area contributed by atoms with E-state index in [9.17, 15) is 4.79 Å². The number of aryl methyl sites for hydroxylation is 2. The van der Waals surface area contributed by atoms with Crippen molar-refractivity contribution in [2.75, 3.05) is 0 Å². The monoisotopic (exact) mass is 342 g/mol. The molecular formula is C14H23BrN4O. The zero-order valence-corrected chi connectivity index (χ0v) is 14.0. The molecular weight excluding hydrogens is 320 g/mol. The van der Waals surface area contributed by atoms with Crippen LogP contribution >= 0.6 is 15.9 Å². The number of nitrogens with zero attached hydrogens (tertiary/aromatic N) is 2. The van der Waals surface area contributed by atoms with Gasteiger partial charge in [-0.25, -0.2) is 0 Å². The Morgan fingerprint density at radius 1 is 1.55 bits per heavy atom. The van der Waals surface area contributed by atoms with Crippen LogP contribution in [0.2, 0.25) is 0 Å². The van der Waals surface area contributed by atoms with Crippen LogP contribution < -0.4 is 11.1 Å². The van der Waals surface area contributed by atoms with Gasteiger partial charge in [0.15, 0.2) is 0 Å². The van der Waals surface area contributed by atoms with Crippen molar-refractivity contribution in [2.24, 2.45) is 5.73 Å². The van der Waals surface area contributed by atoms with Crippen LogP contribution in [0.3, 0.4) is 0 Å². The van der Waals surface area contributed by atoms with Crippen molar-refractivity contribution in [1.29, 1.82) is 0 Å². The van der Waals surface area contributed by atoms with Gasteiger partial charge in [0, 0.05) is 18.3 Å². The lowest BCUT2D eigenvalue weighted by molar-refractivity contribution is -0.124. The highest BCUT2D eigenvalue weighted by atomic mass is 79.9. The fourth-order valence-corrected chi connectivity index (χ4v) is 2.70. The SMILES string of the molecule is Cc1nn(CCCC(C)(NC2CC2)C(N)=O)c(C)c1Br. The fraction of sp³-hybridized carbons (Fsp3) is 0.714. The van der Waals surface area contributed by atoms with Crippen molar-refractivity contribution in [1.82, 2.24) is 15.1 Å². The molecule has 1 saturated carbocycles. The van der Waals surface area contributed by atoms with Crippen molar-refractivity contribution >= 4 is 21.8 Å². The van der Waals surface area contributed by atoms with Crippen molar-refractivity contribution in [3.05, 3.63) is 15.9 Å². The molecule has 0 aliphatic heterocycles. The molecule has 0 aromatic carbocycles. The van der Waals surface area contributed by atoms with Gasteiger partial charge in [-0.05, 0) is 62.4 Å². The number of nitrogens with one attached hydrogen (secondary N) is 1. The van der Waals surface area contributed by atoms with Gasteiger partial charge in [-0.2, -0.15) is 5.10 Å². The van der Waals surface area contributed by atoms with E-state index in [-0.39, 0.29) is 5.91 Å². The molecule has 1 heterocycles. The van der Waals surface area contributed by atoms with Crippen LogP contribution in [0.4, 0.5) is 0 Å². The molecule has 5 nitrogen and oxygen atoms in total. The van der Waals surface area contributed by atoms with Crippen LogP contribution in [0, 0.1) is 13.8 Å². The summed E-state index contributed by atoms with van der Waals surface area (Å²) < 4.78 is 3.05. The molecule has 20 heavy (non-hydrogen) atoms. The first-order valence-electron chi connectivity index (χ1n) is 7.10. The molecule has 1 aromatic rings. The highest BCUT2D eigenvalue weighted by Gasteiger charge is 2.36. The first-order chi connectivity index (χ1) is 9.33. The van der Waals surface area contributed by atoms with Gasteiger partial charge in [-0.1, -0.05) is 0 Å². The molecule has 6 heteroatoms. The van der Waals surface area contributed by atoms with Gasteiger partial charge in [0.05, 0.1) is 15.7 Å². The van der Waals surface area contributed by atoms with Crippen molar-refractivity contribution in [2.45, 2.75) is 64.6 Å². The van der Waals surface area contributed by atoms with Crippen LogP contribution in [-0.4, -0.2) is 27.3 Å². The number of amides is 1. The predicted molar refractivity (Wildman–Crippen MR) is 82.4 cm³/mol. The van der Waals surface area contributed by atoms with E-state index in [0.29, 0.717) is 6.04 Å². The number of rotatable bonds is 7. The maximum Gasteiger partial charge on any atom is 0.237 e. The standard InChI is InChI=1S/C14H23BrN4O/c1-9-12(15)10(2)19(18-9)8-4-7-14(3,13(16)20)17-11-5-6-11/h11,17H,4-8H2,1-3H3,(H2,16,20). The Morgan fingerprint density at radius 2 is 2.20 bits per heavy atom. The first kappa shape index (κ1) is 15.5. The Labute approximate surface area is 128 Å². The lowest BCUT2D eigenvalue weighted by atomic mass is 9.94. The third kappa shape index (κ3) is 3.41. The molecule has 0 bridgehead atoms. The van der Waals surface area contributed by atoms with Crippen molar-refractivity contribution < 1.29 is 4.79 Å². The highest BCUT2D eigenvalue weighted by Crippen LogP contribution is 2.25. The molecule has 112 valence electrons. The number of aromatic nitrogens is 2. The van der Waals surface area contributed by atoms with Gasteiger partial charge in [0.2, 0.25) is 5.91 Å². The second-order valence-electron chi connectivity index (χ2n) is 5.93. The zero-order chi connectivity index (χ0) is 14.9. The molecule has 1 unspecified atom stereocenters. The molecule has 1 atom stereocenters. The maximum absolute atomic E-state index is 11.7. The number of carbonyl (C=O) groups excluding carboxylic acids is 1. The summed E-state index contributed by atoms with van der Waals surface area (Å²) in [5, 5.41) is 7.85. The summed E-state index contributed by atoms with van der Waals surface area (Å²) in [4.78, 5) is 11.7. The minimum Gasteiger partial charge on any atom is -0.368 e. The largest absolute Gasteiger partial charge is 0.368 e. The molecule has 2 rings (SSSR count). The van der Waals surface area contributed by atoms with E-state index < -0.39 is 5.54 Å². The Hall–Kier alpha value is -0.880. The summed E-state index contributed by atoms with van der Waals surface area (Å²) in [6.45, 7) is 6.73. The normalized spacial score (nSPS) is 18.0. The summed E-state index contributed by atoms with van der Waals surface area (Å²) in [5.74, 6) is -0.265. The van der Waals surface area contributed by atoms with Gasteiger partial charge in [0.1, 0.15) is 0 Å². The smallest absolute Gasteiger partial charge is 0.237 e. The Morgan fingerprint density at radius 3 is 2.65 bits per heavy atom. The molecule has 1 fully saturated rings.